The summed E-state index contributed by atoms with van der Waals surface area (Å²) in [4.78, 5) is 14.3. The quantitative estimate of drug-likeness (QED) is 0.804. The molecule has 0 fully saturated rings. The first kappa shape index (κ1) is 14.7. The molecule has 0 aliphatic carbocycles. The van der Waals surface area contributed by atoms with Gasteiger partial charge in [0.25, 0.3) is 5.91 Å². The number of hydrogen-bond acceptors (Lipinski definition) is 3. The maximum atomic E-state index is 12.2. The van der Waals surface area contributed by atoms with Crippen LogP contribution in [0.4, 0.5) is 0 Å². The highest BCUT2D eigenvalue weighted by Crippen LogP contribution is 2.12. The van der Waals surface area contributed by atoms with Crippen LogP contribution in [0.3, 0.4) is 0 Å². The van der Waals surface area contributed by atoms with Crippen molar-refractivity contribution < 1.29 is 9.21 Å². The molecule has 1 atom stereocenters. The van der Waals surface area contributed by atoms with E-state index >= 15 is 0 Å². The Labute approximate surface area is 113 Å². The van der Waals surface area contributed by atoms with Gasteiger partial charge >= 0.3 is 0 Å². The number of carbonyl (C=O) groups excluding carboxylic acids is 1. The van der Waals surface area contributed by atoms with Crippen molar-refractivity contribution in [2.45, 2.75) is 27.2 Å². The van der Waals surface area contributed by atoms with Crippen LogP contribution >= 0.6 is 12.2 Å². The van der Waals surface area contributed by atoms with Gasteiger partial charge in [0.1, 0.15) is 5.76 Å². The van der Waals surface area contributed by atoms with E-state index in [1.54, 1.807) is 11.0 Å². The standard InChI is InChI=1S/C13H20N2O2S/c1-4-10-6-7-11(17-10)13(16)15(5-2)8-9(3)12(14)18/h6-7,9H,4-5,8H2,1-3H3,(H2,14,18). The van der Waals surface area contributed by atoms with Gasteiger partial charge in [-0.05, 0) is 19.1 Å². The lowest BCUT2D eigenvalue weighted by atomic mass is 10.1. The largest absolute Gasteiger partial charge is 0.456 e. The molecule has 1 heterocycles. The fourth-order valence-electron chi connectivity index (χ4n) is 1.61. The Morgan fingerprint density at radius 2 is 2.17 bits per heavy atom. The zero-order valence-electron chi connectivity index (χ0n) is 11.1. The maximum Gasteiger partial charge on any atom is 0.289 e. The predicted octanol–water partition coefficient (Wildman–Crippen LogP) is 2.23. The smallest absolute Gasteiger partial charge is 0.289 e. The highest BCUT2D eigenvalue weighted by Gasteiger charge is 2.20. The Kier molecular flexibility index (Phi) is 5.34. The topological polar surface area (TPSA) is 59.5 Å². The first-order valence-electron chi connectivity index (χ1n) is 6.16. The van der Waals surface area contributed by atoms with Gasteiger partial charge in [0.05, 0.1) is 4.99 Å². The van der Waals surface area contributed by atoms with E-state index in [1.807, 2.05) is 26.8 Å². The molecular formula is C13H20N2O2S. The zero-order chi connectivity index (χ0) is 13.7. The third-order valence-electron chi connectivity index (χ3n) is 2.87. The first-order valence-corrected chi connectivity index (χ1v) is 6.57. The second kappa shape index (κ2) is 6.54. The molecule has 0 aliphatic heterocycles. The number of rotatable bonds is 6. The van der Waals surface area contributed by atoms with Gasteiger partial charge in [0.15, 0.2) is 5.76 Å². The third-order valence-corrected chi connectivity index (χ3v) is 3.27. The van der Waals surface area contributed by atoms with Gasteiger partial charge in [0.2, 0.25) is 0 Å². The number of carbonyl (C=O) groups is 1. The predicted molar refractivity (Wildman–Crippen MR) is 75.6 cm³/mol. The molecule has 1 amide bonds. The Morgan fingerprint density at radius 3 is 2.61 bits per heavy atom. The minimum absolute atomic E-state index is 0.00417. The average molecular weight is 268 g/mol. The van der Waals surface area contributed by atoms with Crippen molar-refractivity contribution >= 4 is 23.1 Å². The Balaban J connectivity index is 2.75. The molecule has 100 valence electrons. The van der Waals surface area contributed by atoms with Crippen LogP contribution in [-0.4, -0.2) is 28.9 Å². The van der Waals surface area contributed by atoms with Crippen LogP contribution in [0.5, 0.6) is 0 Å². The second-order valence-electron chi connectivity index (χ2n) is 4.27. The molecule has 0 radical (unpaired) electrons. The van der Waals surface area contributed by atoms with Crippen molar-refractivity contribution in [1.29, 1.82) is 0 Å². The van der Waals surface area contributed by atoms with E-state index in [2.05, 4.69) is 0 Å². The van der Waals surface area contributed by atoms with Gasteiger partial charge in [0, 0.05) is 25.4 Å². The Hall–Kier alpha value is -1.36. The van der Waals surface area contributed by atoms with Crippen LogP contribution in [0.2, 0.25) is 0 Å². The second-order valence-corrected chi connectivity index (χ2v) is 4.74. The lowest BCUT2D eigenvalue weighted by Crippen LogP contribution is -2.38. The fraction of sp³-hybridized carbons (Fsp3) is 0.538. The van der Waals surface area contributed by atoms with Crippen molar-refractivity contribution in [3.05, 3.63) is 23.7 Å². The van der Waals surface area contributed by atoms with Crippen molar-refractivity contribution in [3.8, 4) is 0 Å². The van der Waals surface area contributed by atoms with Gasteiger partial charge in [-0.2, -0.15) is 0 Å². The van der Waals surface area contributed by atoms with Crippen LogP contribution in [0.1, 0.15) is 37.1 Å². The molecule has 0 aliphatic rings. The Morgan fingerprint density at radius 1 is 1.50 bits per heavy atom. The molecule has 2 N–H and O–H groups in total. The van der Waals surface area contributed by atoms with Crippen LogP contribution < -0.4 is 5.73 Å². The number of thiocarbonyl (C=S) groups is 1. The van der Waals surface area contributed by atoms with Crippen molar-refractivity contribution in [2.24, 2.45) is 11.7 Å². The minimum Gasteiger partial charge on any atom is -0.456 e. The molecule has 0 bridgehead atoms. The van der Waals surface area contributed by atoms with E-state index in [4.69, 9.17) is 22.4 Å². The molecule has 4 nitrogen and oxygen atoms in total. The van der Waals surface area contributed by atoms with E-state index in [0.717, 1.165) is 12.2 Å². The van der Waals surface area contributed by atoms with E-state index in [0.29, 0.717) is 23.8 Å². The minimum atomic E-state index is -0.111. The highest BCUT2D eigenvalue weighted by atomic mass is 32.1. The van der Waals surface area contributed by atoms with Crippen molar-refractivity contribution in [1.82, 2.24) is 4.90 Å². The van der Waals surface area contributed by atoms with Crippen LogP contribution in [0.15, 0.2) is 16.5 Å². The number of aryl methyl sites for hydroxylation is 1. The summed E-state index contributed by atoms with van der Waals surface area (Å²) in [6, 6.07) is 3.55. The van der Waals surface area contributed by atoms with Gasteiger partial charge in [-0.15, -0.1) is 0 Å². The third kappa shape index (κ3) is 3.57. The van der Waals surface area contributed by atoms with Crippen LogP contribution in [-0.2, 0) is 6.42 Å². The lowest BCUT2D eigenvalue weighted by Gasteiger charge is -2.23. The van der Waals surface area contributed by atoms with Crippen LogP contribution in [0, 0.1) is 5.92 Å². The maximum absolute atomic E-state index is 12.2. The molecule has 18 heavy (non-hydrogen) atoms. The van der Waals surface area contributed by atoms with Crippen LogP contribution in [0.25, 0.3) is 0 Å². The van der Waals surface area contributed by atoms with Crippen molar-refractivity contribution in [2.75, 3.05) is 13.1 Å². The monoisotopic (exact) mass is 268 g/mol. The van der Waals surface area contributed by atoms with Gasteiger partial charge in [-0.3, -0.25) is 4.79 Å². The molecule has 1 unspecified atom stereocenters. The summed E-state index contributed by atoms with van der Waals surface area (Å²) in [5.41, 5.74) is 5.57. The molecule has 0 saturated carbocycles. The molecule has 1 aromatic rings. The summed E-state index contributed by atoms with van der Waals surface area (Å²) in [5, 5.41) is 0. The van der Waals surface area contributed by atoms with Gasteiger partial charge < -0.3 is 15.1 Å². The molecule has 0 aromatic carbocycles. The average Bonchev–Trinajstić information content (AvgIpc) is 2.83. The number of amides is 1. The number of nitrogens with two attached hydrogens (primary N) is 1. The number of nitrogens with zero attached hydrogens (tertiary/aromatic N) is 1. The summed E-state index contributed by atoms with van der Waals surface area (Å²) in [5.74, 6) is 1.09. The van der Waals surface area contributed by atoms with Crippen molar-refractivity contribution in [3.63, 3.8) is 0 Å². The molecule has 5 heteroatoms. The number of furan rings is 1. The summed E-state index contributed by atoms with van der Waals surface area (Å²) in [6.07, 6.45) is 0.780. The summed E-state index contributed by atoms with van der Waals surface area (Å²) in [6.45, 7) is 6.95. The molecule has 0 saturated heterocycles. The summed E-state index contributed by atoms with van der Waals surface area (Å²) >= 11 is 4.93. The normalized spacial score (nSPS) is 12.2. The fourth-order valence-corrected chi connectivity index (χ4v) is 1.69. The highest BCUT2D eigenvalue weighted by molar-refractivity contribution is 7.80. The molecule has 1 rings (SSSR count). The first-order chi connectivity index (χ1) is 8.49. The number of hydrogen-bond donors (Lipinski definition) is 1. The van der Waals surface area contributed by atoms with E-state index < -0.39 is 0 Å². The van der Waals surface area contributed by atoms with E-state index in [-0.39, 0.29) is 11.8 Å². The van der Waals surface area contributed by atoms with Gasteiger partial charge in [-0.1, -0.05) is 26.1 Å². The zero-order valence-corrected chi connectivity index (χ0v) is 11.9. The summed E-state index contributed by atoms with van der Waals surface area (Å²) in [7, 11) is 0. The van der Waals surface area contributed by atoms with E-state index in [9.17, 15) is 4.79 Å². The molecule has 1 aromatic heterocycles. The molecular weight excluding hydrogens is 248 g/mol. The lowest BCUT2D eigenvalue weighted by molar-refractivity contribution is 0.0721. The Bertz CT molecular complexity index is 428. The SMILES string of the molecule is CCc1ccc(C(=O)N(CC)CC(C)C(N)=S)o1. The summed E-state index contributed by atoms with van der Waals surface area (Å²) < 4.78 is 5.46. The molecule has 0 spiro atoms. The van der Waals surface area contributed by atoms with E-state index in [1.165, 1.54) is 0 Å². The van der Waals surface area contributed by atoms with Gasteiger partial charge in [-0.25, -0.2) is 0 Å².